The van der Waals surface area contributed by atoms with Gasteiger partial charge in [-0.05, 0) is 40.7 Å². The van der Waals surface area contributed by atoms with Gasteiger partial charge in [0.2, 0.25) is 0 Å². The summed E-state index contributed by atoms with van der Waals surface area (Å²) in [6.45, 7) is 9.92. The third-order valence-corrected chi connectivity index (χ3v) is 2.42. The number of rotatable bonds is 2. The Hall–Kier alpha value is -0.570. The van der Waals surface area contributed by atoms with Crippen LogP contribution in [0.4, 0.5) is 0 Å². The van der Waals surface area contributed by atoms with Crippen LogP contribution in [0.5, 0.6) is 0 Å². The Kier molecular flexibility index (Phi) is 13.2. The van der Waals surface area contributed by atoms with Crippen molar-refractivity contribution in [2.45, 2.75) is 78.4 Å². The summed E-state index contributed by atoms with van der Waals surface area (Å²) in [5.74, 6) is 0. The molecule has 1 fully saturated rings. The zero-order valence-corrected chi connectivity index (χ0v) is 12.5. The normalized spacial score (nSPS) is 15.9. The van der Waals surface area contributed by atoms with Crippen LogP contribution in [0.2, 0.25) is 0 Å². The van der Waals surface area contributed by atoms with Gasteiger partial charge in [0.05, 0.1) is 0 Å². The van der Waals surface area contributed by atoms with Crippen molar-refractivity contribution < 1.29 is 9.53 Å². The van der Waals surface area contributed by atoms with Gasteiger partial charge in [-0.2, -0.15) is 0 Å². The van der Waals surface area contributed by atoms with E-state index in [1.54, 1.807) is 0 Å². The number of carbonyl (C=O) groups is 1. The number of hydrogen-bond acceptors (Lipinski definition) is 3. The summed E-state index contributed by atoms with van der Waals surface area (Å²) in [5.41, 5.74) is -0.318. The van der Waals surface area contributed by atoms with Crippen LogP contribution in [-0.2, 0) is 9.53 Å². The van der Waals surface area contributed by atoms with Gasteiger partial charge in [0.1, 0.15) is 5.60 Å². The van der Waals surface area contributed by atoms with Crippen molar-refractivity contribution in [2.75, 3.05) is 7.05 Å². The standard InChI is InChI=1S/C7H15N.C5H10O2.C2H6/c1-8-7-5-3-2-4-6-7;1-5(2,3)7-4-6;1-2/h7-8H,2-6H2,1H3;4H,1-3H3;1-2H3. The zero-order chi connectivity index (χ0) is 13.7. The van der Waals surface area contributed by atoms with E-state index >= 15 is 0 Å². The summed E-state index contributed by atoms with van der Waals surface area (Å²) in [4.78, 5) is 9.60. The molecule has 0 aromatic rings. The highest BCUT2D eigenvalue weighted by atomic mass is 16.5. The van der Waals surface area contributed by atoms with E-state index < -0.39 is 0 Å². The van der Waals surface area contributed by atoms with Crippen LogP contribution in [0, 0.1) is 0 Å². The Morgan fingerprint density at radius 3 is 1.76 bits per heavy atom. The average Bonchev–Trinajstić information content (AvgIpc) is 2.32. The van der Waals surface area contributed by atoms with Crippen molar-refractivity contribution >= 4 is 6.47 Å². The van der Waals surface area contributed by atoms with E-state index in [0.29, 0.717) is 6.47 Å². The van der Waals surface area contributed by atoms with Crippen LogP contribution in [0.1, 0.15) is 66.7 Å². The smallest absolute Gasteiger partial charge is 0.293 e. The molecule has 0 aliphatic heterocycles. The molecule has 1 saturated carbocycles. The quantitative estimate of drug-likeness (QED) is 0.756. The number of carbonyl (C=O) groups excluding carboxylic acids is 1. The second-order valence-electron chi connectivity index (χ2n) is 4.95. The summed E-state index contributed by atoms with van der Waals surface area (Å²) in [6.07, 6.45) is 7.13. The van der Waals surface area contributed by atoms with Gasteiger partial charge in [-0.3, -0.25) is 4.79 Å². The lowest BCUT2D eigenvalue weighted by molar-refractivity contribution is -0.138. The fraction of sp³-hybridized carbons (Fsp3) is 0.929. The SMILES string of the molecule is CC.CC(C)(C)OC=O.CNC1CCCCC1. The number of hydrogen-bond donors (Lipinski definition) is 1. The first-order valence-corrected chi connectivity index (χ1v) is 6.78. The van der Waals surface area contributed by atoms with Gasteiger partial charge in [-0.1, -0.05) is 33.1 Å². The van der Waals surface area contributed by atoms with E-state index in [4.69, 9.17) is 0 Å². The number of nitrogens with one attached hydrogen (secondary N) is 1. The summed E-state index contributed by atoms with van der Waals surface area (Å²) in [7, 11) is 2.07. The summed E-state index contributed by atoms with van der Waals surface area (Å²) in [5, 5.41) is 3.30. The summed E-state index contributed by atoms with van der Waals surface area (Å²) >= 11 is 0. The topological polar surface area (TPSA) is 38.3 Å². The van der Waals surface area contributed by atoms with Gasteiger partial charge >= 0.3 is 0 Å². The Labute approximate surface area is 107 Å². The molecule has 0 aromatic carbocycles. The Morgan fingerprint density at radius 2 is 1.59 bits per heavy atom. The maximum absolute atomic E-state index is 9.60. The highest BCUT2D eigenvalue weighted by Gasteiger charge is 2.09. The predicted octanol–water partition coefficient (Wildman–Crippen LogP) is 3.52. The molecule has 0 heterocycles. The third kappa shape index (κ3) is 15.4. The second kappa shape index (κ2) is 11.9. The molecule has 0 atom stereocenters. The molecule has 1 aliphatic carbocycles. The Morgan fingerprint density at radius 1 is 1.12 bits per heavy atom. The predicted molar refractivity (Wildman–Crippen MR) is 74.2 cm³/mol. The van der Waals surface area contributed by atoms with E-state index in [1.165, 1.54) is 32.1 Å². The van der Waals surface area contributed by atoms with Crippen molar-refractivity contribution in [3.63, 3.8) is 0 Å². The molecule has 3 nitrogen and oxygen atoms in total. The lowest BCUT2D eigenvalue weighted by Gasteiger charge is -2.20. The van der Waals surface area contributed by atoms with Crippen LogP contribution >= 0.6 is 0 Å². The highest BCUT2D eigenvalue weighted by molar-refractivity contribution is 5.37. The molecule has 0 bridgehead atoms. The molecule has 3 heteroatoms. The molecular weight excluding hydrogens is 214 g/mol. The maximum Gasteiger partial charge on any atom is 0.293 e. The van der Waals surface area contributed by atoms with Crippen LogP contribution in [0.3, 0.4) is 0 Å². The van der Waals surface area contributed by atoms with Gasteiger partial charge in [0.15, 0.2) is 0 Å². The van der Waals surface area contributed by atoms with Gasteiger partial charge in [-0.15, -0.1) is 0 Å². The molecule has 1 aliphatic rings. The van der Waals surface area contributed by atoms with Gasteiger partial charge < -0.3 is 10.1 Å². The van der Waals surface area contributed by atoms with E-state index in [2.05, 4.69) is 17.1 Å². The fourth-order valence-electron chi connectivity index (χ4n) is 1.54. The van der Waals surface area contributed by atoms with Crippen molar-refractivity contribution in [1.29, 1.82) is 0 Å². The first-order chi connectivity index (χ1) is 7.99. The van der Waals surface area contributed by atoms with Crippen LogP contribution in [0.15, 0.2) is 0 Å². The minimum Gasteiger partial charge on any atom is -0.462 e. The molecule has 0 amide bonds. The van der Waals surface area contributed by atoms with E-state index in [0.717, 1.165) is 6.04 Å². The molecule has 0 spiro atoms. The fourth-order valence-corrected chi connectivity index (χ4v) is 1.54. The van der Waals surface area contributed by atoms with Gasteiger partial charge in [-0.25, -0.2) is 0 Å². The molecule has 0 saturated heterocycles. The zero-order valence-electron chi connectivity index (χ0n) is 12.5. The first kappa shape index (κ1) is 18.8. The largest absolute Gasteiger partial charge is 0.462 e. The van der Waals surface area contributed by atoms with E-state index in [9.17, 15) is 4.79 Å². The van der Waals surface area contributed by atoms with E-state index in [-0.39, 0.29) is 5.60 Å². The average molecular weight is 245 g/mol. The van der Waals surface area contributed by atoms with E-state index in [1.807, 2.05) is 34.6 Å². The first-order valence-electron chi connectivity index (χ1n) is 6.78. The minimum absolute atomic E-state index is 0.318. The van der Waals surface area contributed by atoms with Crippen LogP contribution in [-0.4, -0.2) is 25.2 Å². The maximum atomic E-state index is 9.60. The van der Waals surface area contributed by atoms with Crippen LogP contribution < -0.4 is 5.32 Å². The van der Waals surface area contributed by atoms with Crippen molar-refractivity contribution in [2.24, 2.45) is 0 Å². The molecule has 0 unspecified atom stereocenters. The van der Waals surface area contributed by atoms with Crippen molar-refractivity contribution in [3.05, 3.63) is 0 Å². The minimum atomic E-state index is -0.318. The van der Waals surface area contributed by atoms with Crippen LogP contribution in [0.25, 0.3) is 0 Å². The highest BCUT2D eigenvalue weighted by Crippen LogP contribution is 2.16. The Balaban J connectivity index is 0. The lowest BCUT2D eigenvalue weighted by atomic mass is 9.96. The molecular formula is C14H31NO2. The Bertz CT molecular complexity index is 158. The monoisotopic (exact) mass is 245 g/mol. The molecule has 0 radical (unpaired) electrons. The second-order valence-corrected chi connectivity index (χ2v) is 4.95. The van der Waals surface area contributed by atoms with Crippen molar-refractivity contribution in [3.8, 4) is 0 Å². The summed E-state index contributed by atoms with van der Waals surface area (Å²) in [6, 6.07) is 0.837. The third-order valence-electron chi connectivity index (χ3n) is 2.42. The van der Waals surface area contributed by atoms with Gasteiger partial charge in [0.25, 0.3) is 6.47 Å². The van der Waals surface area contributed by atoms with Crippen molar-refractivity contribution in [1.82, 2.24) is 5.32 Å². The molecule has 104 valence electrons. The molecule has 1 rings (SSSR count). The summed E-state index contributed by atoms with van der Waals surface area (Å²) < 4.78 is 4.55. The molecule has 1 N–H and O–H groups in total. The molecule has 0 aromatic heterocycles. The molecule has 17 heavy (non-hydrogen) atoms. The number of ether oxygens (including phenoxy) is 1. The lowest BCUT2D eigenvalue weighted by Crippen LogP contribution is -2.26. The van der Waals surface area contributed by atoms with Gasteiger partial charge in [0, 0.05) is 6.04 Å².